The average Bonchev–Trinajstić information content (AvgIpc) is 2.87. The van der Waals surface area contributed by atoms with E-state index in [1.807, 2.05) is 24.3 Å². The number of carbonyl (C=O) groups excluding carboxylic acids is 2. The maximum absolute atomic E-state index is 12.3. The molecule has 0 radical (unpaired) electrons. The molecule has 0 unspecified atom stereocenters. The van der Waals surface area contributed by atoms with Gasteiger partial charge in [-0.1, -0.05) is 48.6 Å². The zero-order valence-corrected chi connectivity index (χ0v) is 9.09. The van der Waals surface area contributed by atoms with Crippen LogP contribution in [0.4, 0.5) is 0 Å². The summed E-state index contributed by atoms with van der Waals surface area (Å²) in [6, 6.07) is 6.97. The first-order valence-electron chi connectivity index (χ1n) is 5.52. The van der Waals surface area contributed by atoms with Crippen LogP contribution in [0.5, 0.6) is 0 Å². The Hall–Kier alpha value is -2.22. The van der Waals surface area contributed by atoms with Gasteiger partial charge in [-0.2, -0.15) is 0 Å². The third kappa shape index (κ3) is 1.49. The average molecular weight is 222 g/mol. The van der Waals surface area contributed by atoms with Gasteiger partial charge in [0.1, 0.15) is 0 Å². The van der Waals surface area contributed by atoms with Crippen molar-refractivity contribution >= 4 is 11.6 Å². The lowest BCUT2D eigenvalue weighted by molar-refractivity contribution is 0.0979. The standard InChI is InChI=1S/C15H10O2/c16-14-9-13(10-5-1-2-6-10)15(17)12-8-4-3-7-11(12)14/h1-10H. The van der Waals surface area contributed by atoms with Crippen LogP contribution in [0.2, 0.25) is 0 Å². The molecule has 0 heterocycles. The first-order valence-corrected chi connectivity index (χ1v) is 5.52. The lowest BCUT2D eigenvalue weighted by Gasteiger charge is -2.17. The fraction of sp³-hybridized carbons (Fsp3) is 0.0667. The molecule has 2 aliphatic rings. The van der Waals surface area contributed by atoms with Crippen molar-refractivity contribution in [3.63, 3.8) is 0 Å². The van der Waals surface area contributed by atoms with Gasteiger partial charge in [0, 0.05) is 22.6 Å². The first-order chi connectivity index (χ1) is 8.27. The molecule has 1 aromatic carbocycles. The van der Waals surface area contributed by atoms with Gasteiger partial charge in [0.05, 0.1) is 0 Å². The third-order valence-corrected chi connectivity index (χ3v) is 3.09. The van der Waals surface area contributed by atoms with Crippen LogP contribution < -0.4 is 0 Å². The van der Waals surface area contributed by atoms with Gasteiger partial charge in [0.15, 0.2) is 11.6 Å². The molecule has 0 N–H and O–H groups in total. The van der Waals surface area contributed by atoms with Gasteiger partial charge in [-0.3, -0.25) is 9.59 Å². The number of hydrogen-bond acceptors (Lipinski definition) is 2. The van der Waals surface area contributed by atoms with E-state index in [-0.39, 0.29) is 17.5 Å². The Morgan fingerprint density at radius 3 is 2.24 bits per heavy atom. The normalized spacial score (nSPS) is 18.5. The second-order valence-corrected chi connectivity index (χ2v) is 4.13. The maximum atomic E-state index is 12.3. The number of hydrogen-bond donors (Lipinski definition) is 0. The second kappa shape index (κ2) is 3.67. The van der Waals surface area contributed by atoms with E-state index in [1.54, 1.807) is 24.3 Å². The van der Waals surface area contributed by atoms with Gasteiger partial charge in [-0.25, -0.2) is 0 Å². The summed E-state index contributed by atoms with van der Waals surface area (Å²) in [6.45, 7) is 0. The maximum Gasteiger partial charge on any atom is 0.190 e. The first kappa shape index (κ1) is 9.97. The molecule has 2 nitrogen and oxygen atoms in total. The molecule has 0 saturated heterocycles. The number of rotatable bonds is 1. The summed E-state index contributed by atoms with van der Waals surface area (Å²) in [4.78, 5) is 24.2. The summed E-state index contributed by atoms with van der Waals surface area (Å²) in [5.74, 6) is -0.176. The Balaban J connectivity index is 2.11. The lowest BCUT2D eigenvalue weighted by Crippen LogP contribution is -2.20. The monoisotopic (exact) mass is 222 g/mol. The van der Waals surface area contributed by atoms with Crippen LogP contribution in [0.3, 0.4) is 0 Å². The van der Waals surface area contributed by atoms with E-state index in [1.165, 1.54) is 6.08 Å². The van der Waals surface area contributed by atoms with Crippen molar-refractivity contribution in [1.82, 2.24) is 0 Å². The minimum atomic E-state index is -0.0797. The molecule has 0 aliphatic heterocycles. The highest BCUT2D eigenvalue weighted by Gasteiger charge is 2.28. The van der Waals surface area contributed by atoms with Crippen LogP contribution in [0.25, 0.3) is 0 Å². The summed E-state index contributed by atoms with van der Waals surface area (Å²) in [5.41, 5.74) is 1.59. The molecule has 3 rings (SSSR count). The molecule has 0 atom stereocenters. The van der Waals surface area contributed by atoms with Gasteiger partial charge >= 0.3 is 0 Å². The third-order valence-electron chi connectivity index (χ3n) is 3.09. The molecule has 82 valence electrons. The molecule has 2 aliphatic carbocycles. The van der Waals surface area contributed by atoms with Crippen LogP contribution >= 0.6 is 0 Å². The van der Waals surface area contributed by atoms with E-state index in [9.17, 15) is 9.59 Å². The smallest absolute Gasteiger partial charge is 0.190 e. The second-order valence-electron chi connectivity index (χ2n) is 4.13. The van der Waals surface area contributed by atoms with Gasteiger partial charge in [-0.05, 0) is 6.08 Å². The Labute approximate surface area is 99.0 Å². The largest absolute Gasteiger partial charge is 0.289 e. The Morgan fingerprint density at radius 2 is 1.53 bits per heavy atom. The predicted molar refractivity (Wildman–Crippen MR) is 65.0 cm³/mol. The van der Waals surface area contributed by atoms with Gasteiger partial charge < -0.3 is 0 Å². The number of carbonyl (C=O) groups is 2. The van der Waals surface area contributed by atoms with Gasteiger partial charge in [0.2, 0.25) is 0 Å². The molecule has 0 aromatic heterocycles. The van der Waals surface area contributed by atoms with Crippen molar-refractivity contribution in [2.75, 3.05) is 0 Å². The molecular formula is C15H10O2. The summed E-state index contributed by atoms with van der Waals surface area (Å²) < 4.78 is 0. The molecule has 0 bridgehead atoms. The molecule has 0 amide bonds. The Bertz CT molecular complexity index is 591. The summed E-state index contributed by atoms with van der Waals surface area (Å²) in [6.07, 6.45) is 9.10. The molecule has 0 saturated carbocycles. The zero-order chi connectivity index (χ0) is 11.8. The molecule has 2 heteroatoms. The SMILES string of the molecule is O=C1C=C(C2C=CC=C2)C(=O)c2ccccc21. The quantitative estimate of drug-likeness (QED) is 0.732. The molecule has 17 heavy (non-hydrogen) atoms. The van der Waals surface area contributed by atoms with Crippen molar-refractivity contribution in [1.29, 1.82) is 0 Å². The van der Waals surface area contributed by atoms with E-state index in [4.69, 9.17) is 0 Å². The highest BCUT2D eigenvalue weighted by molar-refractivity contribution is 6.24. The Morgan fingerprint density at radius 1 is 0.882 bits per heavy atom. The number of ketones is 2. The molecule has 0 fully saturated rings. The van der Waals surface area contributed by atoms with Crippen LogP contribution in [-0.2, 0) is 0 Å². The number of Topliss-reactive ketones (excluding diaryl/α,β-unsaturated/α-hetero) is 1. The minimum Gasteiger partial charge on any atom is -0.289 e. The molecule has 1 aromatic rings. The van der Waals surface area contributed by atoms with Gasteiger partial charge in [0.25, 0.3) is 0 Å². The predicted octanol–water partition coefficient (Wildman–Crippen LogP) is 2.73. The van der Waals surface area contributed by atoms with Crippen LogP contribution in [0.1, 0.15) is 20.7 Å². The van der Waals surface area contributed by atoms with Crippen molar-refractivity contribution in [3.8, 4) is 0 Å². The van der Waals surface area contributed by atoms with Crippen LogP contribution in [0, 0.1) is 5.92 Å². The minimum absolute atomic E-state index is 0.0404. The van der Waals surface area contributed by atoms with E-state index in [2.05, 4.69) is 0 Å². The van der Waals surface area contributed by atoms with Crippen molar-refractivity contribution in [3.05, 3.63) is 71.3 Å². The van der Waals surface area contributed by atoms with Gasteiger partial charge in [-0.15, -0.1) is 0 Å². The van der Waals surface area contributed by atoms with Crippen molar-refractivity contribution < 1.29 is 9.59 Å². The highest BCUT2D eigenvalue weighted by atomic mass is 16.1. The van der Waals surface area contributed by atoms with Crippen LogP contribution in [0.15, 0.2) is 60.2 Å². The number of benzene rings is 1. The fourth-order valence-electron chi connectivity index (χ4n) is 2.22. The lowest BCUT2D eigenvalue weighted by atomic mass is 9.84. The van der Waals surface area contributed by atoms with E-state index in [0.29, 0.717) is 16.7 Å². The van der Waals surface area contributed by atoms with E-state index >= 15 is 0 Å². The topological polar surface area (TPSA) is 34.1 Å². The van der Waals surface area contributed by atoms with Crippen LogP contribution in [-0.4, -0.2) is 11.6 Å². The summed E-state index contributed by atoms with van der Waals surface area (Å²) >= 11 is 0. The fourth-order valence-corrected chi connectivity index (χ4v) is 2.22. The molecular weight excluding hydrogens is 212 g/mol. The van der Waals surface area contributed by atoms with Crippen molar-refractivity contribution in [2.45, 2.75) is 0 Å². The van der Waals surface area contributed by atoms with Crippen molar-refractivity contribution in [2.24, 2.45) is 5.92 Å². The zero-order valence-electron chi connectivity index (χ0n) is 9.09. The Kier molecular flexibility index (Phi) is 2.15. The van der Waals surface area contributed by atoms with E-state index < -0.39 is 0 Å². The number of allylic oxidation sites excluding steroid dienone is 6. The highest BCUT2D eigenvalue weighted by Crippen LogP contribution is 2.28. The van der Waals surface area contributed by atoms with E-state index in [0.717, 1.165) is 0 Å². The summed E-state index contributed by atoms with van der Waals surface area (Å²) in [7, 11) is 0. The summed E-state index contributed by atoms with van der Waals surface area (Å²) in [5, 5.41) is 0. The molecule has 0 spiro atoms. The number of fused-ring (bicyclic) bond motifs is 1.